The van der Waals surface area contributed by atoms with Crippen LogP contribution in [0.25, 0.3) is 0 Å². The predicted molar refractivity (Wildman–Crippen MR) is 210 cm³/mol. The van der Waals surface area contributed by atoms with Crippen molar-refractivity contribution in [3.8, 4) is 5.75 Å². The number of ketones is 1. The molecule has 0 aromatic heterocycles. The second-order valence-electron chi connectivity index (χ2n) is 15.0. The lowest BCUT2D eigenvalue weighted by Gasteiger charge is -2.36. The van der Waals surface area contributed by atoms with Gasteiger partial charge in [0.15, 0.2) is 0 Å². The van der Waals surface area contributed by atoms with Gasteiger partial charge in [0.05, 0.1) is 18.1 Å². The molecule has 56 heavy (non-hydrogen) atoms. The molecule has 14 heteroatoms. The van der Waals surface area contributed by atoms with Crippen LogP contribution in [0.3, 0.4) is 0 Å². The van der Waals surface area contributed by atoms with Crippen LogP contribution in [0.15, 0.2) is 72.4 Å². The van der Waals surface area contributed by atoms with Crippen LogP contribution in [0.5, 0.6) is 5.75 Å². The van der Waals surface area contributed by atoms with Crippen molar-refractivity contribution in [1.29, 1.82) is 0 Å². The Morgan fingerprint density at radius 3 is 2.50 bits per heavy atom. The van der Waals surface area contributed by atoms with Crippen molar-refractivity contribution in [3.63, 3.8) is 0 Å². The van der Waals surface area contributed by atoms with Gasteiger partial charge in [0, 0.05) is 38.3 Å². The largest absolute Gasteiger partial charge is 0.508 e. The highest BCUT2D eigenvalue weighted by molar-refractivity contribution is 5.93. The first-order chi connectivity index (χ1) is 26.6. The van der Waals surface area contributed by atoms with Gasteiger partial charge in [-0.15, -0.1) is 0 Å². The number of phenolic OH excluding ortho intramolecular Hbond substituents is 1. The van der Waals surface area contributed by atoms with Gasteiger partial charge in [0.2, 0.25) is 11.8 Å². The van der Waals surface area contributed by atoms with Gasteiger partial charge >= 0.3 is 5.97 Å². The Labute approximate surface area is 329 Å². The van der Waals surface area contributed by atoms with Crippen LogP contribution in [-0.2, 0) is 35.1 Å². The minimum Gasteiger partial charge on any atom is -0.508 e. The van der Waals surface area contributed by atoms with Gasteiger partial charge < -0.3 is 40.6 Å². The van der Waals surface area contributed by atoms with Crippen LogP contribution in [-0.4, -0.2) is 104 Å². The number of aliphatic hydroxyl groups excluding tert-OH is 3. The number of nitrogens with zero attached hydrogens (tertiary/aromatic N) is 1. The maximum Gasteiger partial charge on any atom is 0.325 e. The summed E-state index contributed by atoms with van der Waals surface area (Å²) in [6, 6.07) is 3.01. The number of esters is 1. The molecule has 14 nitrogen and oxygen atoms in total. The van der Waals surface area contributed by atoms with Gasteiger partial charge in [0.25, 0.3) is 5.91 Å². The Morgan fingerprint density at radius 1 is 1.07 bits per heavy atom. The summed E-state index contributed by atoms with van der Waals surface area (Å²) in [5.74, 6) is -5.23. The molecule has 2 aliphatic heterocycles. The third-order valence-electron chi connectivity index (χ3n) is 10.0. The maximum absolute atomic E-state index is 14.2. The van der Waals surface area contributed by atoms with Crippen LogP contribution in [0, 0.1) is 17.8 Å². The average Bonchev–Trinajstić information content (AvgIpc) is 3.16. The number of cyclic esters (lactones) is 1. The second kappa shape index (κ2) is 22.8. The summed E-state index contributed by atoms with van der Waals surface area (Å²) >= 11 is 0. The smallest absolute Gasteiger partial charge is 0.325 e. The fourth-order valence-corrected chi connectivity index (χ4v) is 6.54. The molecule has 8 atom stereocenters. The van der Waals surface area contributed by atoms with Gasteiger partial charge in [-0.1, -0.05) is 75.4 Å². The number of nitrogens with one attached hydrogen (secondary N) is 3. The summed E-state index contributed by atoms with van der Waals surface area (Å²) < 4.78 is 6.00. The molecule has 2 unspecified atom stereocenters. The number of hydrogen-bond donors (Lipinski definition) is 7. The zero-order valence-corrected chi connectivity index (χ0v) is 33.1. The van der Waals surface area contributed by atoms with Gasteiger partial charge in [-0.05, 0) is 68.7 Å². The zero-order chi connectivity index (χ0) is 41.4. The van der Waals surface area contributed by atoms with Crippen molar-refractivity contribution >= 4 is 29.5 Å². The lowest BCUT2D eigenvalue weighted by atomic mass is 9.84. The zero-order valence-electron chi connectivity index (χ0n) is 33.1. The number of hydrazine groups is 1. The SMILES string of the molecule is CC(=O)CC[C@H]1C(=O)N[C@@H](C(C)C)C(=O)N[C@@H](Cc2cccc(O)c2)C(=O)N2CCC[C@H](N2)C(=O)OC(/C(C)=C/C=C/CCO)C/C=C/C=C/C(O)[C@H](C)[C@H]1O. The fraction of sp³-hybridized carbons (Fsp3) is 0.548. The number of Topliss-reactive ketones (excluding diaryl/α,β-unsaturated/α-hetero) is 1. The Hall–Kier alpha value is -4.63. The molecule has 0 saturated carbocycles. The lowest BCUT2D eigenvalue weighted by molar-refractivity contribution is -0.156. The van der Waals surface area contributed by atoms with E-state index in [9.17, 15) is 39.3 Å². The molecule has 2 heterocycles. The van der Waals surface area contributed by atoms with Crippen molar-refractivity contribution in [2.45, 2.75) is 116 Å². The standard InChI is InChI=1S/C42H60N4O10/c1-26(2)37-40(53)43-34(25-30-15-12-16-31(49)24-30)41(54)46-22-13-17-33(45-46)42(55)56-36(27(3)14-8-7-11-23-47)19-10-6-9-18-35(50)29(5)38(51)32(39(52)44-37)21-20-28(4)48/h6-10,12,14-16,18,24,26,29,32-38,45,47,49-51H,11,13,17,19-23,25H2,1-5H3,(H,43,53)(H,44,52)/b8-7+,10-6+,18-9+,27-14+/t29-,32+,33-,34-,35?,36?,37-,38+/m0/s1. The van der Waals surface area contributed by atoms with Crippen LogP contribution in [0.2, 0.25) is 0 Å². The summed E-state index contributed by atoms with van der Waals surface area (Å²) in [6.07, 6.45) is 9.99. The quantitative estimate of drug-likeness (QED) is 0.135. The number of amides is 3. The number of fused-ring (bicyclic) bond motifs is 2. The summed E-state index contributed by atoms with van der Waals surface area (Å²) in [7, 11) is 0. The molecule has 1 aromatic rings. The molecule has 0 spiro atoms. The van der Waals surface area contributed by atoms with Crippen LogP contribution in [0.4, 0.5) is 0 Å². The number of allylic oxidation sites excluding steroid dienone is 4. The number of carbonyl (C=O) groups is 5. The van der Waals surface area contributed by atoms with Gasteiger partial charge in [-0.2, -0.15) is 0 Å². The van der Waals surface area contributed by atoms with E-state index in [2.05, 4.69) is 16.1 Å². The third kappa shape index (κ3) is 14.1. The average molecular weight is 781 g/mol. The molecule has 1 aromatic carbocycles. The molecule has 308 valence electrons. The number of carbonyl (C=O) groups excluding carboxylic acids is 5. The van der Waals surface area contributed by atoms with Crippen molar-refractivity contribution in [2.24, 2.45) is 17.8 Å². The molecule has 1 fully saturated rings. The van der Waals surface area contributed by atoms with E-state index >= 15 is 0 Å². The molecule has 2 bridgehead atoms. The number of phenols is 1. The maximum atomic E-state index is 14.2. The number of hydrogen-bond acceptors (Lipinski definition) is 11. The molecule has 3 rings (SSSR count). The first-order valence-corrected chi connectivity index (χ1v) is 19.4. The highest BCUT2D eigenvalue weighted by Gasteiger charge is 2.38. The normalized spacial score (nSPS) is 29.2. The van der Waals surface area contributed by atoms with E-state index in [1.807, 2.05) is 6.92 Å². The van der Waals surface area contributed by atoms with E-state index in [1.54, 1.807) is 69.4 Å². The van der Waals surface area contributed by atoms with Crippen LogP contribution < -0.4 is 16.1 Å². The van der Waals surface area contributed by atoms with Crippen molar-refractivity contribution in [3.05, 3.63) is 77.9 Å². The van der Waals surface area contributed by atoms with Crippen molar-refractivity contribution < 1.29 is 49.1 Å². The van der Waals surface area contributed by atoms with Gasteiger partial charge in [0.1, 0.15) is 35.8 Å². The van der Waals surface area contributed by atoms with Crippen LogP contribution in [0.1, 0.15) is 78.7 Å². The Bertz CT molecular complexity index is 1620. The van der Waals surface area contributed by atoms with Crippen molar-refractivity contribution in [1.82, 2.24) is 21.1 Å². The highest BCUT2D eigenvalue weighted by atomic mass is 16.5. The number of aliphatic hydroxyl groups is 3. The minimum atomic E-state index is -1.40. The second-order valence-corrected chi connectivity index (χ2v) is 15.0. The summed E-state index contributed by atoms with van der Waals surface area (Å²) in [6.45, 7) is 8.40. The number of benzene rings is 1. The highest BCUT2D eigenvalue weighted by Crippen LogP contribution is 2.24. The molecule has 0 aliphatic carbocycles. The minimum absolute atomic E-state index is 0.0100. The fourth-order valence-electron chi connectivity index (χ4n) is 6.54. The van der Waals surface area contributed by atoms with E-state index in [0.29, 0.717) is 24.8 Å². The molecule has 0 radical (unpaired) electrons. The molecular weight excluding hydrogens is 720 g/mol. The van der Waals surface area contributed by atoms with E-state index < -0.39 is 77.9 Å². The molecule has 1 saturated heterocycles. The Morgan fingerprint density at radius 2 is 1.82 bits per heavy atom. The molecular formula is C42H60N4O10. The molecule has 2 aliphatic rings. The third-order valence-corrected chi connectivity index (χ3v) is 10.0. The Kier molecular flexibility index (Phi) is 18.6. The first kappa shape index (κ1) is 45.8. The summed E-state index contributed by atoms with van der Waals surface area (Å²) in [4.78, 5) is 67.8. The summed E-state index contributed by atoms with van der Waals surface area (Å²) in [5, 5.41) is 48.6. The number of ether oxygens (including phenoxy) is 1. The Balaban J connectivity index is 2.07. The first-order valence-electron chi connectivity index (χ1n) is 19.4. The number of rotatable bonds is 10. The van der Waals surface area contributed by atoms with E-state index in [4.69, 9.17) is 9.84 Å². The van der Waals surface area contributed by atoms with Gasteiger partial charge in [-0.25, -0.2) is 5.43 Å². The van der Waals surface area contributed by atoms with Crippen LogP contribution >= 0.6 is 0 Å². The van der Waals surface area contributed by atoms with Gasteiger partial charge in [-0.3, -0.25) is 24.2 Å². The topological polar surface area (TPSA) is 215 Å². The predicted octanol–water partition coefficient (Wildman–Crippen LogP) is 2.71. The van der Waals surface area contributed by atoms with E-state index in [0.717, 1.165) is 5.57 Å². The van der Waals surface area contributed by atoms with Crippen molar-refractivity contribution in [2.75, 3.05) is 13.2 Å². The summed E-state index contributed by atoms with van der Waals surface area (Å²) in [5.41, 5.74) is 4.27. The number of aromatic hydroxyl groups is 1. The lowest BCUT2D eigenvalue weighted by Crippen LogP contribution is -2.62. The molecule has 3 amide bonds. The monoisotopic (exact) mass is 780 g/mol. The molecule has 7 N–H and O–H groups in total. The van der Waals surface area contributed by atoms with E-state index in [1.165, 1.54) is 30.1 Å². The van der Waals surface area contributed by atoms with E-state index in [-0.39, 0.29) is 50.4 Å².